The van der Waals surface area contributed by atoms with E-state index in [0.717, 1.165) is 4.47 Å². The molecule has 0 aliphatic rings. The molecule has 0 unspecified atom stereocenters. The summed E-state index contributed by atoms with van der Waals surface area (Å²) in [5.74, 6) is -1.20. The standard InChI is InChI=1S/C20H15BrFN3O2S/c1-13(26)25(18-9-5-3-7-16(18)22)20-23-14(12-28-20)10-11-19(27)24-17-8-4-2-6-15(17)21/h2-12H,1H3,(H,24,27)/b11-10+. The number of hydrogen-bond donors (Lipinski definition) is 1. The van der Waals surface area contributed by atoms with Crippen molar-refractivity contribution in [1.29, 1.82) is 0 Å². The van der Waals surface area contributed by atoms with E-state index in [4.69, 9.17) is 0 Å². The number of halogens is 2. The predicted octanol–water partition coefficient (Wildman–Crippen LogP) is 5.38. The molecule has 0 radical (unpaired) electrons. The predicted molar refractivity (Wildman–Crippen MR) is 113 cm³/mol. The maximum atomic E-state index is 14.1. The van der Waals surface area contributed by atoms with E-state index in [0.29, 0.717) is 16.5 Å². The zero-order valence-corrected chi connectivity index (χ0v) is 17.1. The molecule has 0 saturated heterocycles. The van der Waals surface area contributed by atoms with Gasteiger partial charge in [-0.1, -0.05) is 24.3 Å². The first-order valence-corrected chi connectivity index (χ1v) is 9.87. The lowest BCUT2D eigenvalue weighted by atomic mass is 10.3. The minimum absolute atomic E-state index is 0.131. The first-order chi connectivity index (χ1) is 13.5. The monoisotopic (exact) mass is 459 g/mol. The van der Waals surface area contributed by atoms with E-state index in [9.17, 15) is 14.0 Å². The van der Waals surface area contributed by atoms with E-state index in [1.165, 1.54) is 47.4 Å². The maximum absolute atomic E-state index is 14.1. The van der Waals surface area contributed by atoms with Gasteiger partial charge < -0.3 is 5.32 Å². The average molecular weight is 460 g/mol. The third-order valence-corrected chi connectivity index (χ3v) is 5.18. The molecule has 2 aromatic carbocycles. The molecule has 3 rings (SSSR count). The highest BCUT2D eigenvalue weighted by Crippen LogP contribution is 2.31. The fraction of sp³-hybridized carbons (Fsp3) is 0.0500. The van der Waals surface area contributed by atoms with Crippen molar-refractivity contribution in [3.8, 4) is 0 Å². The molecule has 0 spiro atoms. The number of carbonyl (C=O) groups excluding carboxylic acids is 2. The molecule has 0 aliphatic heterocycles. The maximum Gasteiger partial charge on any atom is 0.248 e. The Kier molecular flexibility index (Phi) is 6.33. The summed E-state index contributed by atoms with van der Waals surface area (Å²) in [7, 11) is 0. The van der Waals surface area contributed by atoms with Gasteiger partial charge in [-0.25, -0.2) is 9.37 Å². The largest absolute Gasteiger partial charge is 0.321 e. The summed E-state index contributed by atoms with van der Waals surface area (Å²) in [6.45, 7) is 1.34. The molecule has 142 valence electrons. The lowest BCUT2D eigenvalue weighted by molar-refractivity contribution is -0.116. The van der Waals surface area contributed by atoms with Gasteiger partial charge in [-0.3, -0.25) is 14.5 Å². The number of hydrogen-bond acceptors (Lipinski definition) is 4. The van der Waals surface area contributed by atoms with E-state index >= 15 is 0 Å². The molecule has 0 aliphatic carbocycles. The van der Waals surface area contributed by atoms with Gasteiger partial charge in [-0.2, -0.15) is 0 Å². The van der Waals surface area contributed by atoms with Gasteiger partial charge in [-0.15, -0.1) is 11.3 Å². The quantitative estimate of drug-likeness (QED) is 0.520. The van der Waals surface area contributed by atoms with Gasteiger partial charge in [-0.05, 0) is 46.3 Å². The summed E-state index contributed by atoms with van der Waals surface area (Å²) in [5.41, 5.74) is 1.27. The minimum Gasteiger partial charge on any atom is -0.321 e. The van der Waals surface area contributed by atoms with Gasteiger partial charge in [0.15, 0.2) is 5.13 Å². The highest BCUT2D eigenvalue weighted by Gasteiger charge is 2.20. The second-order valence-electron chi connectivity index (χ2n) is 5.66. The topological polar surface area (TPSA) is 62.3 Å². The molecular formula is C20H15BrFN3O2S. The number of para-hydroxylation sites is 2. The van der Waals surface area contributed by atoms with Crippen LogP contribution in [0.2, 0.25) is 0 Å². The number of nitrogens with zero attached hydrogens (tertiary/aromatic N) is 2. The number of rotatable bonds is 5. The molecule has 0 bridgehead atoms. The molecule has 3 aromatic rings. The number of carbonyl (C=O) groups is 2. The molecule has 28 heavy (non-hydrogen) atoms. The van der Waals surface area contributed by atoms with Crippen LogP contribution in [0.5, 0.6) is 0 Å². The van der Waals surface area contributed by atoms with Gasteiger partial charge in [0.2, 0.25) is 11.8 Å². The number of thiazole rings is 1. The third kappa shape index (κ3) is 4.71. The summed E-state index contributed by atoms with van der Waals surface area (Å²) >= 11 is 4.55. The SMILES string of the molecule is CC(=O)N(c1nc(/C=C/C(=O)Nc2ccccc2Br)cs1)c1ccccc1F. The number of benzene rings is 2. The first-order valence-electron chi connectivity index (χ1n) is 8.20. The molecule has 2 amide bonds. The molecule has 5 nitrogen and oxygen atoms in total. The zero-order chi connectivity index (χ0) is 20.1. The van der Waals surface area contributed by atoms with Crippen molar-refractivity contribution in [2.45, 2.75) is 6.92 Å². The van der Waals surface area contributed by atoms with Crippen LogP contribution in [0.1, 0.15) is 12.6 Å². The average Bonchev–Trinajstić information content (AvgIpc) is 3.12. The fourth-order valence-electron chi connectivity index (χ4n) is 2.39. The minimum atomic E-state index is -0.516. The number of anilines is 3. The Morgan fingerprint density at radius 2 is 1.89 bits per heavy atom. The van der Waals surface area contributed by atoms with Gasteiger partial charge in [0.25, 0.3) is 0 Å². The highest BCUT2D eigenvalue weighted by atomic mass is 79.9. The van der Waals surface area contributed by atoms with E-state index in [1.807, 2.05) is 18.2 Å². The fourth-order valence-corrected chi connectivity index (χ4v) is 3.63. The summed E-state index contributed by atoms with van der Waals surface area (Å²) in [6.07, 6.45) is 2.88. The molecule has 8 heteroatoms. The third-order valence-electron chi connectivity index (χ3n) is 3.65. The smallest absolute Gasteiger partial charge is 0.248 e. The summed E-state index contributed by atoms with van der Waals surface area (Å²) in [6, 6.07) is 13.3. The van der Waals surface area contributed by atoms with Gasteiger partial charge in [0, 0.05) is 22.9 Å². The van der Waals surface area contributed by atoms with E-state index in [2.05, 4.69) is 26.2 Å². The van der Waals surface area contributed by atoms with E-state index < -0.39 is 5.82 Å². The van der Waals surface area contributed by atoms with Crippen LogP contribution in [-0.4, -0.2) is 16.8 Å². The van der Waals surface area contributed by atoms with Crippen molar-refractivity contribution in [3.05, 3.63) is 76.0 Å². The summed E-state index contributed by atoms with van der Waals surface area (Å²) in [4.78, 5) is 29.7. The number of amides is 2. The second kappa shape index (κ2) is 8.90. The lowest BCUT2D eigenvalue weighted by Crippen LogP contribution is -2.23. The first kappa shape index (κ1) is 19.9. The molecule has 0 atom stereocenters. The Labute approximate surface area is 173 Å². The Hall–Kier alpha value is -2.84. The van der Waals surface area contributed by atoms with Gasteiger partial charge in [0.05, 0.1) is 17.1 Å². The molecule has 0 fully saturated rings. The van der Waals surface area contributed by atoms with Crippen LogP contribution >= 0.6 is 27.3 Å². The number of nitrogens with one attached hydrogen (secondary N) is 1. The van der Waals surface area contributed by atoms with Crippen LogP contribution in [0.15, 0.2) is 64.5 Å². The van der Waals surface area contributed by atoms with Crippen LogP contribution in [-0.2, 0) is 9.59 Å². The van der Waals surface area contributed by atoms with Crippen LogP contribution in [0.4, 0.5) is 20.9 Å². The van der Waals surface area contributed by atoms with Gasteiger partial charge in [0.1, 0.15) is 5.82 Å². The lowest BCUT2D eigenvalue weighted by Gasteiger charge is -2.18. The summed E-state index contributed by atoms with van der Waals surface area (Å²) < 4.78 is 14.9. The van der Waals surface area contributed by atoms with Crippen molar-refractivity contribution < 1.29 is 14.0 Å². The van der Waals surface area contributed by atoms with E-state index in [1.54, 1.807) is 23.6 Å². The van der Waals surface area contributed by atoms with E-state index in [-0.39, 0.29) is 17.5 Å². The Bertz CT molecular complexity index is 1050. The molecule has 0 saturated carbocycles. The van der Waals surface area contributed by atoms with Crippen molar-refractivity contribution in [2.24, 2.45) is 0 Å². The normalized spacial score (nSPS) is 10.8. The van der Waals surface area contributed by atoms with Crippen LogP contribution in [0.25, 0.3) is 6.08 Å². The van der Waals surface area contributed by atoms with Crippen molar-refractivity contribution in [2.75, 3.05) is 10.2 Å². The summed E-state index contributed by atoms with van der Waals surface area (Å²) in [5, 5.41) is 4.76. The van der Waals surface area contributed by atoms with Crippen LogP contribution < -0.4 is 10.2 Å². The highest BCUT2D eigenvalue weighted by molar-refractivity contribution is 9.10. The Morgan fingerprint density at radius 3 is 2.61 bits per heavy atom. The Balaban J connectivity index is 1.76. The zero-order valence-electron chi connectivity index (χ0n) is 14.7. The molecule has 1 N–H and O–H groups in total. The van der Waals surface area contributed by atoms with Crippen LogP contribution in [0.3, 0.4) is 0 Å². The Morgan fingerprint density at radius 1 is 1.18 bits per heavy atom. The van der Waals surface area contributed by atoms with Crippen molar-refractivity contribution in [1.82, 2.24) is 4.98 Å². The number of aromatic nitrogens is 1. The van der Waals surface area contributed by atoms with Crippen molar-refractivity contribution in [3.63, 3.8) is 0 Å². The van der Waals surface area contributed by atoms with Crippen molar-refractivity contribution >= 4 is 61.7 Å². The molecule has 1 heterocycles. The second-order valence-corrected chi connectivity index (χ2v) is 7.35. The molecular weight excluding hydrogens is 445 g/mol. The van der Waals surface area contributed by atoms with Gasteiger partial charge >= 0.3 is 0 Å². The molecule has 1 aromatic heterocycles. The van der Waals surface area contributed by atoms with Crippen LogP contribution in [0, 0.1) is 5.82 Å².